The number of aliphatic hydroxyl groups excluding tert-OH is 3. The second-order valence-corrected chi connectivity index (χ2v) is 17.9. The second-order valence-electron chi connectivity index (χ2n) is 16.4. The van der Waals surface area contributed by atoms with Gasteiger partial charge in [0.05, 0.1) is 6.61 Å². The number of unbranched alkanes of at least 4 members (excludes halogenated alkanes) is 25. The summed E-state index contributed by atoms with van der Waals surface area (Å²) in [5.41, 5.74) is 0. The van der Waals surface area contributed by atoms with Crippen LogP contribution in [0.3, 0.4) is 0 Å². The number of carbonyl (C=O) groups is 2. The minimum absolute atomic E-state index is 0.166. The highest BCUT2D eigenvalue weighted by Crippen LogP contribution is 2.24. The van der Waals surface area contributed by atoms with Gasteiger partial charge >= 0.3 is 11.9 Å². The van der Waals surface area contributed by atoms with E-state index >= 15 is 0 Å². The Morgan fingerprint density at radius 1 is 0.569 bits per heavy atom. The average molecular weight is 849 g/mol. The molecule has 342 valence electrons. The van der Waals surface area contributed by atoms with Gasteiger partial charge in [-0.05, 0) is 38.5 Å². The van der Waals surface area contributed by atoms with Gasteiger partial charge in [-0.1, -0.05) is 167 Å². The van der Waals surface area contributed by atoms with E-state index in [1.165, 1.54) is 128 Å². The van der Waals surface area contributed by atoms with Gasteiger partial charge in [0, 0.05) is 12.8 Å². The van der Waals surface area contributed by atoms with Crippen molar-refractivity contribution in [1.29, 1.82) is 0 Å². The van der Waals surface area contributed by atoms with Crippen LogP contribution in [0.5, 0.6) is 0 Å². The Morgan fingerprint density at radius 2 is 0.983 bits per heavy atom. The minimum atomic E-state index is -4.60. The molecule has 1 aliphatic rings. The van der Waals surface area contributed by atoms with Gasteiger partial charge in [0.2, 0.25) is 0 Å². The summed E-state index contributed by atoms with van der Waals surface area (Å²) in [5, 5.41) is 30.8. The van der Waals surface area contributed by atoms with Crippen molar-refractivity contribution in [3.05, 3.63) is 12.2 Å². The SMILES string of the molecule is CCCCCCCCCC/C=C\CCCCCCCCCCCC(=O)OC(COC(=O)CCCCCCCCCCC)COC1OC(CS(=O)(=O)O)C(O)C(O)C1O. The molecule has 0 aromatic rings. The van der Waals surface area contributed by atoms with E-state index in [2.05, 4.69) is 26.0 Å². The molecule has 1 heterocycles. The molecule has 0 spiro atoms. The van der Waals surface area contributed by atoms with E-state index in [9.17, 15) is 37.9 Å². The van der Waals surface area contributed by atoms with E-state index in [4.69, 9.17) is 18.9 Å². The number of rotatable bonds is 39. The largest absolute Gasteiger partial charge is 0.462 e. The van der Waals surface area contributed by atoms with Crippen molar-refractivity contribution < 1.29 is 56.8 Å². The fraction of sp³-hybridized carbons (Fsp3) is 0.911. The van der Waals surface area contributed by atoms with Crippen LogP contribution in [0.2, 0.25) is 0 Å². The van der Waals surface area contributed by atoms with E-state index in [1.807, 2.05) is 0 Å². The van der Waals surface area contributed by atoms with E-state index in [-0.39, 0.29) is 19.4 Å². The molecule has 1 rings (SSSR count). The summed E-state index contributed by atoms with van der Waals surface area (Å²) >= 11 is 0. The first-order chi connectivity index (χ1) is 28.0. The molecular formula is C45H84O12S. The molecule has 0 radical (unpaired) electrons. The third-order valence-corrected chi connectivity index (χ3v) is 11.6. The third-order valence-electron chi connectivity index (χ3n) is 10.8. The van der Waals surface area contributed by atoms with Crippen molar-refractivity contribution >= 4 is 22.1 Å². The molecule has 12 nitrogen and oxygen atoms in total. The zero-order valence-electron chi connectivity index (χ0n) is 36.4. The predicted molar refractivity (Wildman–Crippen MR) is 229 cm³/mol. The fourth-order valence-electron chi connectivity index (χ4n) is 7.20. The van der Waals surface area contributed by atoms with Gasteiger partial charge in [-0.2, -0.15) is 8.42 Å². The molecule has 1 fully saturated rings. The monoisotopic (exact) mass is 849 g/mol. The standard InChI is InChI=1S/C45H84O12S/c1-3-5-7-9-11-13-14-15-16-17-18-19-20-21-22-23-24-26-28-30-32-34-41(47)56-38(35-54-40(46)33-31-29-27-25-12-10-8-6-4-2)36-55-45-44(50)43(49)42(48)39(57-45)37-58(51,52)53/h17-18,38-39,42-45,48-50H,3-16,19-37H2,1-2H3,(H,51,52,53)/b18-17-. The topological polar surface area (TPSA) is 186 Å². The Balaban J connectivity index is 2.36. The molecule has 6 atom stereocenters. The lowest BCUT2D eigenvalue weighted by Crippen LogP contribution is -2.60. The molecule has 1 saturated heterocycles. The van der Waals surface area contributed by atoms with Crippen LogP contribution in [-0.4, -0.2) is 96.0 Å². The third kappa shape index (κ3) is 30.4. The first kappa shape index (κ1) is 54.4. The maximum absolute atomic E-state index is 12.8. The first-order valence-corrected chi connectivity index (χ1v) is 24.9. The molecule has 4 N–H and O–H groups in total. The van der Waals surface area contributed by atoms with Crippen molar-refractivity contribution in [2.75, 3.05) is 19.0 Å². The molecule has 1 aliphatic heterocycles. The molecule has 58 heavy (non-hydrogen) atoms. The van der Waals surface area contributed by atoms with Crippen molar-refractivity contribution in [2.24, 2.45) is 0 Å². The normalized spacial score (nSPS) is 20.4. The van der Waals surface area contributed by atoms with Crippen LogP contribution >= 0.6 is 0 Å². The zero-order chi connectivity index (χ0) is 42.7. The molecule has 0 aliphatic carbocycles. The van der Waals surface area contributed by atoms with Crippen LogP contribution in [0, 0.1) is 0 Å². The molecule has 13 heteroatoms. The van der Waals surface area contributed by atoms with Gasteiger partial charge in [-0.3, -0.25) is 14.1 Å². The highest BCUT2D eigenvalue weighted by molar-refractivity contribution is 7.85. The van der Waals surface area contributed by atoms with Gasteiger partial charge in [0.15, 0.2) is 12.4 Å². The molecule has 0 aromatic carbocycles. The van der Waals surface area contributed by atoms with Crippen LogP contribution in [0.25, 0.3) is 0 Å². The summed E-state index contributed by atoms with van der Waals surface area (Å²) in [6, 6.07) is 0. The van der Waals surface area contributed by atoms with Gasteiger partial charge in [-0.25, -0.2) is 0 Å². The van der Waals surface area contributed by atoms with Crippen molar-refractivity contribution in [1.82, 2.24) is 0 Å². The maximum atomic E-state index is 12.8. The summed E-state index contributed by atoms with van der Waals surface area (Å²) in [6.07, 6.45) is 28.5. The van der Waals surface area contributed by atoms with E-state index in [0.717, 1.165) is 38.5 Å². The molecular weight excluding hydrogens is 765 g/mol. The number of hydrogen-bond donors (Lipinski definition) is 4. The quantitative estimate of drug-likeness (QED) is 0.0199. The molecule has 0 bridgehead atoms. The number of allylic oxidation sites excluding steroid dienone is 2. The van der Waals surface area contributed by atoms with E-state index in [0.29, 0.717) is 12.8 Å². The number of esters is 2. The summed E-state index contributed by atoms with van der Waals surface area (Å²) in [5.74, 6) is -1.98. The first-order valence-electron chi connectivity index (χ1n) is 23.2. The summed E-state index contributed by atoms with van der Waals surface area (Å²) in [4.78, 5) is 25.3. The molecule has 6 unspecified atom stereocenters. The van der Waals surface area contributed by atoms with Gasteiger partial charge in [0.25, 0.3) is 10.1 Å². The van der Waals surface area contributed by atoms with Gasteiger partial charge in [0.1, 0.15) is 36.8 Å². The number of carbonyl (C=O) groups excluding carboxylic acids is 2. The average Bonchev–Trinajstić information content (AvgIpc) is 3.18. The molecule has 0 saturated carbocycles. The second kappa shape index (κ2) is 36.1. The Bertz CT molecular complexity index is 1130. The van der Waals surface area contributed by atoms with Crippen LogP contribution in [0.1, 0.15) is 206 Å². The van der Waals surface area contributed by atoms with Crippen LogP contribution in [-0.2, 0) is 38.7 Å². The minimum Gasteiger partial charge on any atom is -0.462 e. The maximum Gasteiger partial charge on any atom is 0.306 e. The van der Waals surface area contributed by atoms with Gasteiger partial charge < -0.3 is 34.3 Å². The molecule has 0 aromatic heterocycles. The Hall–Kier alpha value is -1.61. The van der Waals surface area contributed by atoms with Crippen molar-refractivity contribution in [2.45, 2.75) is 243 Å². The zero-order valence-corrected chi connectivity index (χ0v) is 37.2. The molecule has 0 amide bonds. The summed E-state index contributed by atoms with van der Waals surface area (Å²) in [6.45, 7) is 3.74. The van der Waals surface area contributed by atoms with Crippen LogP contribution in [0.15, 0.2) is 12.2 Å². The highest BCUT2D eigenvalue weighted by atomic mass is 32.2. The van der Waals surface area contributed by atoms with Crippen molar-refractivity contribution in [3.63, 3.8) is 0 Å². The number of ether oxygens (including phenoxy) is 4. The Morgan fingerprint density at radius 3 is 1.43 bits per heavy atom. The number of hydrogen-bond acceptors (Lipinski definition) is 11. The number of aliphatic hydroxyl groups is 3. The Labute approximate surface area is 352 Å². The summed E-state index contributed by atoms with van der Waals surface area (Å²) < 4.78 is 54.0. The smallest absolute Gasteiger partial charge is 0.306 e. The lowest BCUT2D eigenvalue weighted by molar-refractivity contribution is -0.297. The van der Waals surface area contributed by atoms with Crippen molar-refractivity contribution in [3.8, 4) is 0 Å². The predicted octanol–water partition coefficient (Wildman–Crippen LogP) is 9.45. The van der Waals surface area contributed by atoms with Crippen LogP contribution in [0.4, 0.5) is 0 Å². The van der Waals surface area contributed by atoms with Crippen LogP contribution < -0.4 is 0 Å². The summed E-state index contributed by atoms with van der Waals surface area (Å²) in [7, 11) is -4.60. The Kier molecular flexibility index (Phi) is 33.8. The lowest BCUT2D eigenvalue weighted by atomic mass is 10.00. The van der Waals surface area contributed by atoms with E-state index in [1.54, 1.807) is 0 Å². The van der Waals surface area contributed by atoms with Gasteiger partial charge in [-0.15, -0.1) is 0 Å². The highest BCUT2D eigenvalue weighted by Gasteiger charge is 2.46. The van der Waals surface area contributed by atoms with E-state index < -0.39 is 71.2 Å². The fourth-order valence-corrected chi connectivity index (χ4v) is 7.89. The lowest BCUT2D eigenvalue weighted by Gasteiger charge is -2.40.